The first-order valence-electron chi connectivity index (χ1n) is 4.47. The van der Waals surface area contributed by atoms with Gasteiger partial charge in [-0.05, 0) is 12.2 Å². The highest BCUT2D eigenvalue weighted by molar-refractivity contribution is 5.28. The molecule has 0 aromatic carbocycles. The molecule has 0 amide bonds. The van der Waals surface area contributed by atoms with Crippen molar-refractivity contribution in [3.63, 3.8) is 0 Å². The van der Waals surface area contributed by atoms with Crippen molar-refractivity contribution >= 4 is 0 Å². The van der Waals surface area contributed by atoms with E-state index in [1.54, 1.807) is 21.3 Å². The third-order valence-corrected chi connectivity index (χ3v) is 2.49. The van der Waals surface area contributed by atoms with Gasteiger partial charge < -0.3 is 19.9 Å². The van der Waals surface area contributed by atoms with Gasteiger partial charge in [0, 0.05) is 20.1 Å². The highest BCUT2D eigenvalue weighted by Crippen LogP contribution is 2.29. The number of hydrogen-bond acceptors (Lipinski definition) is 4. The fourth-order valence-electron chi connectivity index (χ4n) is 1.46. The van der Waals surface area contributed by atoms with Crippen LogP contribution in [0.3, 0.4) is 0 Å². The molecule has 0 fully saturated rings. The Hall–Kier alpha value is -1.00. The first-order chi connectivity index (χ1) is 6.71. The van der Waals surface area contributed by atoms with Crippen LogP contribution in [-0.4, -0.2) is 33.5 Å². The number of rotatable bonds is 4. The summed E-state index contributed by atoms with van der Waals surface area (Å²) >= 11 is 0. The Morgan fingerprint density at radius 2 is 2.07 bits per heavy atom. The van der Waals surface area contributed by atoms with E-state index in [1.807, 2.05) is 12.2 Å². The van der Waals surface area contributed by atoms with Gasteiger partial charge in [-0.2, -0.15) is 0 Å². The van der Waals surface area contributed by atoms with E-state index in [0.29, 0.717) is 13.0 Å². The summed E-state index contributed by atoms with van der Waals surface area (Å²) in [6, 6.07) is 0. The third kappa shape index (κ3) is 1.91. The van der Waals surface area contributed by atoms with Gasteiger partial charge >= 0.3 is 0 Å². The van der Waals surface area contributed by atoms with E-state index in [2.05, 4.69) is 0 Å². The van der Waals surface area contributed by atoms with Crippen LogP contribution in [0.1, 0.15) is 6.42 Å². The van der Waals surface area contributed by atoms with E-state index < -0.39 is 5.60 Å². The topological polar surface area (TPSA) is 53.7 Å². The molecule has 4 nitrogen and oxygen atoms in total. The van der Waals surface area contributed by atoms with Crippen LogP contribution in [0.15, 0.2) is 23.7 Å². The number of hydrogen-bond donors (Lipinski definition) is 1. The van der Waals surface area contributed by atoms with Crippen LogP contribution >= 0.6 is 0 Å². The first-order valence-corrected chi connectivity index (χ1v) is 4.47. The molecule has 1 aliphatic rings. The summed E-state index contributed by atoms with van der Waals surface area (Å²) in [6.45, 7) is 0.420. The van der Waals surface area contributed by atoms with E-state index in [-0.39, 0.29) is 0 Å². The van der Waals surface area contributed by atoms with Gasteiger partial charge in [0.15, 0.2) is 5.76 Å². The molecule has 14 heavy (non-hydrogen) atoms. The second kappa shape index (κ2) is 4.48. The van der Waals surface area contributed by atoms with E-state index in [1.165, 1.54) is 0 Å². The zero-order valence-corrected chi connectivity index (χ0v) is 8.87. The molecular weight excluding hydrogens is 182 g/mol. The van der Waals surface area contributed by atoms with Gasteiger partial charge in [0.1, 0.15) is 11.4 Å². The Morgan fingerprint density at radius 3 is 2.50 bits per heavy atom. The van der Waals surface area contributed by atoms with E-state index in [0.717, 1.165) is 11.5 Å². The number of methoxy groups -OCH3 is 3. The van der Waals surface area contributed by atoms with Crippen molar-refractivity contribution in [2.75, 3.05) is 27.9 Å². The minimum absolute atomic E-state index is 0.420. The van der Waals surface area contributed by atoms with Crippen LogP contribution in [0.5, 0.6) is 0 Å². The summed E-state index contributed by atoms with van der Waals surface area (Å²) in [5.41, 5.74) is 5.21. The zero-order chi connectivity index (χ0) is 10.6. The van der Waals surface area contributed by atoms with Crippen LogP contribution in [0, 0.1) is 0 Å². The van der Waals surface area contributed by atoms with E-state index >= 15 is 0 Å². The summed E-state index contributed by atoms with van der Waals surface area (Å²) < 4.78 is 15.7. The summed E-state index contributed by atoms with van der Waals surface area (Å²) in [5.74, 6) is 1.50. The molecule has 0 aliphatic heterocycles. The van der Waals surface area contributed by atoms with Crippen LogP contribution in [-0.2, 0) is 14.2 Å². The maximum absolute atomic E-state index is 5.66. The van der Waals surface area contributed by atoms with Gasteiger partial charge in [0.05, 0.1) is 14.2 Å². The Balaban J connectivity index is 2.89. The van der Waals surface area contributed by atoms with Crippen LogP contribution < -0.4 is 5.73 Å². The maximum Gasteiger partial charge on any atom is 0.156 e. The molecule has 0 aromatic rings. The quantitative estimate of drug-likeness (QED) is 0.727. The molecule has 4 heteroatoms. The molecule has 1 atom stereocenters. The van der Waals surface area contributed by atoms with E-state index in [4.69, 9.17) is 19.9 Å². The van der Waals surface area contributed by atoms with Gasteiger partial charge in [0.2, 0.25) is 0 Å². The Morgan fingerprint density at radius 1 is 1.36 bits per heavy atom. The second-order valence-corrected chi connectivity index (χ2v) is 3.18. The van der Waals surface area contributed by atoms with Crippen molar-refractivity contribution in [1.82, 2.24) is 0 Å². The monoisotopic (exact) mass is 199 g/mol. The van der Waals surface area contributed by atoms with Gasteiger partial charge in [-0.25, -0.2) is 0 Å². The van der Waals surface area contributed by atoms with Crippen molar-refractivity contribution in [2.24, 2.45) is 5.73 Å². The molecule has 0 saturated heterocycles. The highest BCUT2D eigenvalue weighted by Gasteiger charge is 2.31. The molecule has 80 valence electrons. The minimum atomic E-state index is -0.451. The molecule has 0 aromatic heterocycles. The summed E-state index contributed by atoms with van der Waals surface area (Å²) in [7, 11) is 4.87. The maximum atomic E-state index is 5.66. The lowest BCUT2D eigenvalue weighted by molar-refractivity contribution is 0.0228. The minimum Gasteiger partial charge on any atom is -0.497 e. The van der Waals surface area contributed by atoms with Crippen molar-refractivity contribution in [1.29, 1.82) is 0 Å². The van der Waals surface area contributed by atoms with Gasteiger partial charge in [-0.1, -0.05) is 0 Å². The van der Waals surface area contributed by atoms with Crippen molar-refractivity contribution in [3.8, 4) is 0 Å². The van der Waals surface area contributed by atoms with E-state index in [9.17, 15) is 0 Å². The predicted molar refractivity (Wildman–Crippen MR) is 53.6 cm³/mol. The lowest BCUT2D eigenvalue weighted by Crippen LogP contribution is -2.40. The molecule has 1 aliphatic carbocycles. The van der Waals surface area contributed by atoms with Crippen molar-refractivity contribution < 1.29 is 14.2 Å². The largest absolute Gasteiger partial charge is 0.497 e. The molecule has 0 radical (unpaired) electrons. The Bertz CT molecular complexity index is 254. The molecule has 1 rings (SSSR count). The lowest BCUT2D eigenvalue weighted by atomic mass is 9.93. The summed E-state index contributed by atoms with van der Waals surface area (Å²) in [4.78, 5) is 0. The first kappa shape index (κ1) is 11.1. The highest BCUT2D eigenvalue weighted by atomic mass is 16.5. The fourth-order valence-corrected chi connectivity index (χ4v) is 1.46. The third-order valence-electron chi connectivity index (χ3n) is 2.49. The smallest absolute Gasteiger partial charge is 0.156 e. The molecular formula is C10H17NO3. The van der Waals surface area contributed by atoms with Gasteiger partial charge in [-0.3, -0.25) is 0 Å². The SMILES string of the molecule is COC1=C(OC)CC(CN)(OC)C=C1. The Kier molecular flexibility index (Phi) is 3.55. The summed E-state index contributed by atoms with van der Waals surface area (Å²) in [6.07, 6.45) is 4.35. The van der Waals surface area contributed by atoms with Crippen LogP contribution in [0.25, 0.3) is 0 Å². The summed E-state index contributed by atoms with van der Waals surface area (Å²) in [5, 5.41) is 0. The second-order valence-electron chi connectivity index (χ2n) is 3.18. The molecule has 0 saturated carbocycles. The average molecular weight is 199 g/mol. The standard InChI is InChI=1S/C10H17NO3/c1-12-8-4-5-10(7-11,14-3)6-9(8)13-2/h4-5H,6-7,11H2,1-3H3. The number of ether oxygens (including phenoxy) is 3. The molecule has 1 unspecified atom stereocenters. The van der Waals surface area contributed by atoms with Gasteiger partial charge in [-0.15, -0.1) is 0 Å². The fraction of sp³-hybridized carbons (Fsp3) is 0.600. The molecule has 0 heterocycles. The molecule has 0 spiro atoms. The van der Waals surface area contributed by atoms with Gasteiger partial charge in [0.25, 0.3) is 0 Å². The molecule has 0 bridgehead atoms. The lowest BCUT2D eigenvalue weighted by Gasteiger charge is -2.31. The van der Waals surface area contributed by atoms with Crippen molar-refractivity contribution in [2.45, 2.75) is 12.0 Å². The normalized spacial score (nSPS) is 26.6. The molecule has 2 N–H and O–H groups in total. The van der Waals surface area contributed by atoms with Crippen LogP contribution in [0.2, 0.25) is 0 Å². The number of nitrogens with two attached hydrogens (primary N) is 1. The number of allylic oxidation sites excluding steroid dienone is 1. The average Bonchev–Trinajstić information content (AvgIpc) is 2.28. The predicted octanol–water partition coefficient (Wildman–Crippen LogP) is 0.795. The Labute approximate surface area is 84.3 Å². The zero-order valence-electron chi connectivity index (χ0n) is 8.87. The van der Waals surface area contributed by atoms with Crippen LogP contribution in [0.4, 0.5) is 0 Å². The van der Waals surface area contributed by atoms with Crippen molar-refractivity contribution in [3.05, 3.63) is 23.7 Å².